The lowest BCUT2D eigenvalue weighted by atomic mass is 10.1. The van der Waals surface area contributed by atoms with E-state index >= 15 is 0 Å². The molecule has 1 heterocycles. The van der Waals surface area contributed by atoms with Crippen molar-refractivity contribution >= 4 is 28.8 Å². The molecule has 1 aromatic carbocycles. The normalized spacial score (nSPS) is 26.3. The van der Waals surface area contributed by atoms with Crippen molar-refractivity contribution in [1.82, 2.24) is 0 Å². The topological polar surface area (TPSA) is 148 Å². The zero-order valence-electron chi connectivity index (χ0n) is 12.7. The largest absolute Gasteiger partial charge is 0.394 e. The lowest BCUT2D eigenvalue weighted by molar-refractivity contribution is -0.393. The van der Waals surface area contributed by atoms with Gasteiger partial charge in [-0.2, -0.15) is 0 Å². The number of aliphatic hydroxyl groups excluding tert-OH is 2. The lowest BCUT2D eigenvalue weighted by Gasteiger charge is -2.22. The molecule has 0 bridgehead atoms. The van der Waals surface area contributed by atoms with E-state index in [0.29, 0.717) is 5.75 Å². The maximum atomic E-state index is 11.2. The smallest absolute Gasteiger partial charge is 0.299 e. The van der Waals surface area contributed by atoms with E-state index in [1.54, 1.807) is 0 Å². The molecular formula is C13H17N3O7S. The van der Waals surface area contributed by atoms with Crippen molar-refractivity contribution in [2.24, 2.45) is 0 Å². The van der Waals surface area contributed by atoms with Crippen molar-refractivity contribution in [1.29, 1.82) is 0 Å². The molecule has 1 saturated heterocycles. The highest BCUT2D eigenvalue weighted by Crippen LogP contribution is 2.35. The molecule has 3 N–H and O–H groups in total. The number of thioether (sulfide) groups is 1. The van der Waals surface area contributed by atoms with E-state index in [9.17, 15) is 30.4 Å². The molecule has 0 radical (unpaired) electrons. The predicted octanol–water partition coefficient (Wildman–Crippen LogP) is 1.11. The number of nitrogens with zero attached hydrogens (tertiary/aromatic N) is 2. The molecule has 0 spiro atoms. The molecule has 1 aliphatic heterocycles. The lowest BCUT2D eigenvalue weighted by Crippen LogP contribution is -2.39. The minimum atomic E-state index is -1.08. The van der Waals surface area contributed by atoms with E-state index in [-0.39, 0.29) is 12.3 Å². The van der Waals surface area contributed by atoms with Crippen LogP contribution >= 0.6 is 11.8 Å². The van der Waals surface area contributed by atoms with Gasteiger partial charge < -0.3 is 20.3 Å². The van der Waals surface area contributed by atoms with E-state index in [0.717, 1.165) is 12.1 Å². The second-order valence-corrected chi connectivity index (χ2v) is 6.43. The van der Waals surface area contributed by atoms with Gasteiger partial charge in [0.25, 0.3) is 11.4 Å². The zero-order valence-corrected chi connectivity index (χ0v) is 13.5. The Balaban J connectivity index is 2.31. The van der Waals surface area contributed by atoms with Crippen LogP contribution in [0.2, 0.25) is 0 Å². The minimum Gasteiger partial charge on any atom is -0.394 e. The van der Waals surface area contributed by atoms with E-state index in [1.165, 1.54) is 17.8 Å². The number of nitro benzene ring substituents is 2. The molecule has 4 atom stereocenters. The molecule has 2 rings (SSSR count). The van der Waals surface area contributed by atoms with Crippen molar-refractivity contribution < 1.29 is 24.8 Å². The van der Waals surface area contributed by atoms with Crippen molar-refractivity contribution in [2.75, 3.05) is 17.7 Å². The number of aliphatic hydroxyl groups is 2. The van der Waals surface area contributed by atoms with Crippen LogP contribution in [-0.4, -0.2) is 56.1 Å². The first kappa shape index (κ1) is 18.4. The van der Waals surface area contributed by atoms with Crippen LogP contribution in [0, 0.1) is 20.2 Å². The van der Waals surface area contributed by atoms with E-state index in [4.69, 9.17) is 4.74 Å². The Morgan fingerprint density at radius 2 is 2.04 bits per heavy atom. The summed E-state index contributed by atoms with van der Waals surface area (Å²) in [5.41, 5.74) is -1.34. The summed E-state index contributed by atoms with van der Waals surface area (Å²) < 4.78 is 5.53. The number of hydrogen-bond donors (Lipinski definition) is 3. The van der Waals surface area contributed by atoms with Crippen LogP contribution in [0.4, 0.5) is 17.1 Å². The zero-order chi connectivity index (χ0) is 17.9. The first-order valence-corrected chi connectivity index (χ1v) is 8.19. The van der Waals surface area contributed by atoms with Crippen LogP contribution in [0.25, 0.3) is 0 Å². The Kier molecular flexibility index (Phi) is 5.94. The molecule has 0 aromatic heterocycles. The second kappa shape index (κ2) is 7.75. The van der Waals surface area contributed by atoms with Gasteiger partial charge in [0, 0.05) is 6.07 Å². The predicted molar refractivity (Wildman–Crippen MR) is 87.0 cm³/mol. The minimum absolute atomic E-state index is 0.0403. The number of hydrogen-bond acceptors (Lipinski definition) is 9. The van der Waals surface area contributed by atoms with Crippen molar-refractivity contribution in [2.45, 2.75) is 30.6 Å². The van der Waals surface area contributed by atoms with Gasteiger partial charge in [-0.15, -0.1) is 11.8 Å². The average molecular weight is 359 g/mol. The molecule has 11 heteroatoms. The number of rotatable bonds is 7. The van der Waals surface area contributed by atoms with Crippen molar-refractivity contribution in [3.05, 3.63) is 38.4 Å². The Morgan fingerprint density at radius 1 is 1.33 bits per heavy atom. The summed E-state index contributed by atoms with van der Waals surface area (Å²) in [7, 11) is 0. The molecule has 0 aliphatic carbocycles. The number of non-ortho nitro benzene ring substituents is 1. The fraction of sp³-hybridized carbons (Fsp3) is 0.538. The third kappa shape index (κ3) is 3.75. The van der Waals surface area contributed by atoms with Crippen molar-refractivity contribution in [3.63, 3.8) is 0 Å². The van der Waals surface area contributed by atoms with E-state index in [1.807, 2.05) is 6.92 Å². The second-order valence-electron chi connectivity index (χ2n) is 5.06. The first-order chi connectivity index (χ1) is 11.4. The van der Waals surface area contributed by atoms with Gasteiger partial charge in [-0.25, -0.2) is 0 Å². The fourth-order valence-corrected chi connectivity index (χ4v) is 3.41. The highest BCUT2D eigenvalue weighted by atomic mass is 32.2. The van der Waals surface area contributed by atoms with Gasteiger partial charge in [-0.1, -0.05) is 6.92 Å². The molecule has 132 valence electrons. The summed E-state index contributed by atoms with van der Waals surface area (Å²) in [6.07, 6.45) is -1.88. The van der Waals surface area contributed by atoms with Gasteiger partial charge in [-0.3, -0.25) is 20.2 Å². The summed E-state index contributed by atoms with van der Waals surface area (Å²) in [6, 6.07) is 2.52. The molecule has 1 aromatic rings. The highest BCUT2D eigenvalue weighted by molar-refractivity contribution is 7.99. The standard InChI is InChI=1S/C13H17N3O7S/c1-2-24-13-11(12(18)10(6-17)23-13)14-8-4-3-7(15(19)20)5-9(8)16(21)22/h3-5,10-14,17-18H,2,6H2,1H3. The average Bonchev–Trinajstić information content (AvgIpc) is 2.84. The summed E-state index contributed by atoms with van der Waals surface area (Å²) >= 11 is 1.38. The molecule has 0 amide bonds. The van der Waals surface area contributed by atoms with Crippen LogP contribution in [0.15, 0.2) is 18.2 Å². The van der Waals surface area contributed by atoms with Gasteiger partial charge in [0.05, 0.1) is 28.6 Å². The third-order valence-electron chi connectivity index (χ3n) is 3.57. The molecule has 0 saturated carbocycles. The molecule has 1 fully saturated rings. The Morgan fingerprint density at radius 3 is 2.58 bits per heavy atom. The third-order valence-corrected chi connectivity index (χ3v) is 4.64. The molecule has 24 heavy (non-hydrogen) atoms. The van der Waals surface area contributed by atoms with Gasteiger partial charge in [0.15, 0.2) is 0 Å². The molecular weight excluding hydrogens is 342 g/mol. The Hall–Kier alpha value is -1.95. The Labute approximate surface area is 141 Å². The highest BCUT2D eigenvalue weighted by Gasteiger charge is 2.44. The molecule has 4 unspecified atom stereocenters. The van der Waals surface area contributed by atoms with Crippen molar-refractivity contribution in [3.8, 4) is 0 Å². The molecule has 1 aliphatic rings. The van der Waals surface area contributed by atoms with Gasteiger partial charge >= 0.3 is 0 Å². The SMILES string of the molecule is CCSC1OC(CO)C(O)C1Nc1ccc([N+](=O)[O-])cc1[N+](=O)[O-]. The Bertz CT molecular complexity index is 630. The number of anilines is 1. The van der Waals surface area contributed by atoms with Crippen LogP contribution in [0.3, 0.4) is 0 Å². The van der Waals surface area contributed by atoms with Gasteiger partial charge in [0.1, 0.15) is 23.3 Å². The summed E-state index contributed by atoms with van der Waals surface area (Å²) in [5, 5.41) is 44.3. The van der Waals surface area contributed by atoms with Crippen LogP contribution in [-0.2, 0) is 4.74 Å². The van der Waals surface area contributed by atoms with Gasteiger partial charge in [-0.05, 0) is 11.8 Å². The fourth-order valence-electron chi connectivity index (χ4n) is 2.43. The van der Waals surface area contributed by atoms with Crippen LogP contribution < -0.4 is 5.32 Å². The number of benzene rings is 1. The van der Waals surface area contributed by atoms with E-state index < -0.39 is 44.9 Å². The van der Waals surface area contributed by atoms with Crippen LogP contribution in [0.1, 0.15) is 6.92 Å². The maximum absolute atomic E-state index is 11.2. The summed E-state index contributed by atoms with van der Waals surface area (Å²) in [4.78, 5) is 20.5. The monoisotopic (exact) mass is 359 g/mol. The summed E-state index contributed by atoms with van der Waals surface area (Å²) in [5.74, 6) is 0.677. The number of nitrogens with one attached hydrogen (secondary N) is 1. The number of ether oxygens (including phenoxy) is 1. The quantitative estimate of drug-likeness (QED) is 0.481. The van der Waals surface area contributed by atoms with Gasteiger partial charge in [0.2, 0.25) is 0 Å². The maximum Gasteiger partial charge on any atom is 0.299 e. The first-order valence-electron chi connectivity index (χ1n) is 7.14. The number of nitro groups is 2. The summed E-state index contributed by atoms with van der Waals surface area (Å²) in [6.45, 7) is 1.50. The molecule has 10 nitrogen and oxygen atoms in total. The van der Waals surface area contributed by atoms with Crippen LogP contribution in [0.5, 0.6) is 0 Å². The van der Waals surface area contributed by atoms with E-state index in [2.05, 4.69) is 5.32 Å².